The van der Waals surface area contributed by atoms with Crippen molar-refractivity contribution < 1.29 is 14.7 Å². The van der Waals surface area contributed by atoms with Gasteiger partial charge in [0, 0.05) is 36.3 Å². The fourth-order valence-corrected chi connectivity index (χ4v) is 4.15. The molecule has 2 heterocycles. The molecule has 2 aliphatic rings. The summed E-state index contributed by atoms with van der Waals surface area (Å²) >= 11 is 12.3. The molecule has 1 N–H and O–H groups in total. The van der Waals surface area contributed by atoms with E-state index < -0.39 is 0 Å². The molecule has 1 saturated heterocycles. The van der Waals surface area contributed by atoms with Crippen molar-refractivity contribution in [3.8, 4) is 0 Å². The van der Waals surface area contributed by atoms with E-state index >= 15 is 0 Å². The predicted octanol–water partition coefficient (Wildman–Crippen LogP) is 3.19. The number of aliphatic hydroxyl groups is 1. The van der Waals surface area contributed by atoms with Gasteiger partial charge in [0.2, 0.25) is 0 Å². The lowest BCUT2D eigenvalue weighted by atomic mass is 9.97. The van der Waals surface area contributed by atoms with Gasteiger partial charge in [-0.1, -0.05) is 29.3 Å². The van der Waals surface area contributed by atoms with Crippen molar-refractivity contribution in [3.05, 3.63) is 39.5 Å². The second-order valence-electron chi connectivity index (χ2n) is 7.06. The summed E-state index contributed by atoms with van der Waals surface area (Å²) < 4.78 is 0. The first kappa shape index (κ1) is 19.2. The summed E-state index contributed by atoms with van der Waals surface area (Å²) in [4.78, 5) is 29.4. The SMILES string of the molecule is CC(C)N1C(=O)C(c2ccc(Cl)cc2Cl)=C(N2CCCC(CO)C2)C1=O. The Hall–Kier alpha value is -1.56. The van der Waals surface area contributed by atoms with Gasteiger partial charge >= 0.3 is 0 Å². The van der Waals surface area contributed by atoms with Gasteiger partial charge in [-0.05, 0) is 44.7 Å². The summed E-state index contributed by atoms with van der Waals surface area (Å²) in [6, 6.07) is 4.66. The van der Waals surface area contributed by atoms with Gasteiger partial charge in [0.1, 0.15) is 5.70 Å². The van der Waals surface area contributed by atoms with E-state index in [1.165, 1.54) is 4.90 Å². The Balaban J connectivity index is 2.13. The van der Waals surface area contributed by atoms with Crippen molar-refractivity contribution in [2.75, 3.05) is 19.7 Å². The fraction of sp³-hybridized carbons (Fsp3) is 0.474. The van der Waals surface area contributed by atoms with Crippen LogP contribution in [-0.2, 0) is 9.59 Å². The lowest BCUT2D eigenvalue weighted by molar-refractivity contribution is -0.139. The van der Waals surface area contributed by atoms with E-state index in [4.69, 9.17) is 23.2 Å². The summed E-state index contributed by atoms with van der Waals surface area (Å²) in [6.07, 6.45) is 1.77. The third-order valence-corrected chi connectivity index (χ3v) is 5.45. The molecule has 1 aromatic carbocycles. The molecule has 1 fully saturated rings. The predicted molar refractivity (Wildman–Crippen MR) is 102 cm³/mol. The van der Waals surface area contributed by atoms with Gasteiger partial charge in [-0.15, -0.1) is 0 Å². The van der Waals surface area contributed by atoms with Crippen molar-refractivity contribution >= 4 is 40.6 Å². The number of nitrogens with zero attached hydrogens (tertiary/aromatic N) is 2. The molecule has 1 atom stereocenters. The highest BCUT2D eigenvalue weighted by molar-refractivity contribution is 6.41. The summed E-state index contributed by atoms with van der Waals surface area (Å²) in [5, 5.41) is 10.3. The molecule has 1 aromatic rings. The zero-order chi connectivity index (χ0) is 19.0. The van der Waals surface area contributed by atoms with Crippen molar-refractivity contribution in [1.82, 2.24) is 9.80 Å². The van der Waals surface area contributed by atoms with Crippen LogP contribution in [0.25, 0.3) is 5.57 Å². The lowest BCUT2D eigenvalue weighted by Gasteiger charge is -2.34. The Morgan fingerprint density at radius 2 is 1.96 bits per heavy atom. The van der Waals surface area contributed by atoms with Gasteiger partial charge in [-0.3, -0.25) is 14.5 Å². The standard InChI is InChI=1S/C19H22Cl2N2O3/c1-11(2)23-18(25)16(14-6-5-13(20)8-15(14)21)17(19(23)26)22-7-3-4-12(9-22)10-24/h5-6,8,11-12,24H,3-4,7,9-10H2,1-2H3. The molecule has 140 valence electrons. The molecule has 1 unspecified atom stereocenters. The smallest absolute Gasteiger partial charge is 0.278 e. The number of likely N-dealkylation sites (tertiary alicyclic amines) is 1. The molecule has 26 heavy (non-hydrogen) atoms. The molecular weight excluding hydrogens is 375 g/mol. The van der Waals surface area contributed by atoms with Crippen LogP contribution >= 0.6 is 23.2 Å². The molecule has 0 saturated carbocycles. The molecule has 0 bridgehead atoms. The number of hydrogen-bond acceptors (Lipinski definition) is 4. The van der Waals surface area contributed by atoms with E-state index in [1.807, 2.05) is 18.7 Å². The summed E-state index contributed by atoms with van der Waals surface area (Å²) in [6.45, 7) is 4.91. The molecule has 5 nitrogen and oxygen atoms in total. The van der Waals surface area contributed by atoms with E-state index in [-0.39, 0.29) is 30.4 Å². The lowest BCUT2D eigenvalue weighted by Crippen LogP contribution is -2.42. The second kappa shape index (κ2) is 7.59. The number of imide groups is 1. The van der Waals surface area contributed by atoms with Crippen LogP contribution in [0.2, 0.25) is 10.0 Å². The Bertz CT molecular complexity index is 776. The maximum Gasteiger partial charge on any atom is 0.278 e. The monoisotopic (exact) mass is 396 g/mol. The fourth-order valence-electron chi connectivity index (χ4n) is 3.65. The first-order valence-electron chi connectivity index (χ1n) is 8.78. The first-order chi connectivity index (χ1) is 12.3. The van der Waals surface area contributed by atoms with Gasteiger partial charge in [0.05, 0.1) is 10.6 Å². The maximum absolute atomic E-state index is 13.1. The highest BCUT2D eigenvalue weighted by Crippen LogP contribution is 2.38. The van der Waals surface area contributed by atoms with Crippen molar-refractivity contribution in [3.63, 3.8) is 0 Å². The van der Waals surface area contributed by atoms with Crippen molar-refractivity contribution in [2.24, 2.45) is 5.92 Å². The van der Waals surface area contributed by atoms with Gasteiger partial charge in [-0.2, -0.15) is 0 Å². The average Bonchev–Trinajstić information content (AvgIpc) is 2.85. The first-order valence-corrected chi connectivity index (χ1v) is 9.54. The number of aliphatic hydroxyl groups excluding tert-OH is 1. The topological polar surface area (TPSA) is 60.9 Å². The molecule has 7 heteroatoms. The quantitative estimate of drug-likeness (QED) is 0.793. The number of carbonyl (C=O) groups excluding carboxylic acids is 2. The Morgan fingerprint density at radius 3 is 2.58 bits per heavy atom. The molecule has 2 aliphatic heterocycles. The van der Waals surface area contributed by atoms with Gasteiger partial charge < -0.3 is 10.0 Å². The number of amides is 2. The number of hydrogen-bond donors (Lipinski definition) is 1. The third-order valence-electron chi connectivity index (χ3n) is 4.90. The Morgan fingerprint density at radius 1 is 1.23 bits per heavy atom. The highest BCUT2D eigenvalue weighted by atomic mass is 35.5. The van der Waals surface area contributed by atoms with Gasteiger partial charge in [0.15, 0.2) is 0 Å². The number of benzene rings is 1. The van der Waals surface area contributed by atoms with Crippen molar-refractivity contribution in [1.29, 1.82) is 0 Å². The van der Waals surface area contributed by atoms with E-state index in [9.17, 15) is 14.7 Å². The minimum atomic E-state index is -0.338. The van der Waals surface area contributed by atoms with Crippen LogP contribution in [0.5, 0.6) is 0 Å². The van der Waals surface area contributed by atoms with Crippen LogP contribution in [0.4, 0.5) is 0 Å². The summed E-state index contributed by atoms with van der Waals surface area (Å²) in [7, 11) is 0. The molecule has 0 aromatic heterocycles. The van der Waals surface area contributed by atoms with Crippen LogP contribution < -0.4 is 0 Å². The molecule has 0 spiro atoms. The summed E-state index contributed by atoms with van der Waals surface area (Å²) in [5.41, 5.74) is 1.22. The maximum atomic E-state index is 13.1. The minimum Gasteiger partial charge on any atom is -0.396 e. The Labute approximate surface area is 163 Å². The zero-order valence-corrected chi connectivity index (χ0v) is 16.3. The molecule has 0 aliphatic carbocycles. The number of carbonyl (C=O) groups is 2. The Kier molecular flexibility index (Phi) is 5.61. The number of piperidine rings is 1. The zero-order valence-electron chi connectivity index (χ0n) is 14.8. The van der Waals surface area contributed by atoms with E-state index in [2.05, 4.69) is 0 Å². The second-order valence-corrected chi connectivity index (χ2v) is 7.90. The largest absolute Gasteiger partial charge is 0.396 e. The van der Waals surface area contributed by atoms with Crippen LogP contribution in [-0.4, -0.2) is 52.5 Å². The van der Waals surface area contributed by atoms with E-state index in [0.717, 1.165) is 12.8 Å². The molecule has 2 amide bonds. The van der Waals surface area contributed by atoms with E-state index in [1.54, 1.807) is 18.2 Å². The molecular formula is C19H22Cl2N2O3. The molecule has 0 radical (unpaired) electrons. The summed E-state index contributed by atoms with van der Waals surface area (Å²) in [5.74, 6) is -0.547. The van der Waals surface area contributed by atoms with Crippen molar-refractivity contribution in [2.45, 2.75) is 32.7 Å². The highest BCUT2D eigenvalue weighted by Gasteiger charge is 2.44. The van der Waals surface area contributed by atoms with Gasteiger partial charge in [0.25, 0.3) is 11.8 Å². The number of rotatable bonds is 4. The van der Waals surface area contributed by atoms with Crippen LogP contribution in [0, 0.1) is 5.92 Å². The van der Waals surface area contributed by atoms with Crippen LogP contribution in [0.1, 0.15) is 32.3 Å². The van der Waals surface area contributed by atoms with Crippen LogP contribution in [0.15, 0.2) is 23.9 Å². The molecule has 3 rings (SSSR count). The normalized spacial score (nSPS) is 21.4. The van der Waals surface area contributed by atoms with E-state index in [0.29, 0.717) is 40.0 Å². The van der Waals surface area contributed by atoms with Gasteiger partial charge in [-0.25, -0.2) is 0 Å². The number of halogens is 2. The average molecular weight is 397 g/mol. The van der Waals surface area contributed by atoms with Crippen LogP contribution in [0.3, 0.4) is 0 Å². The third kappa shape index (κ3) is 3.36. The minimum absolute atomic E-state index is 0.0663.